The Kier molecular flexibility index (Phi) is 6.57. The van der Waals surface area contributed by atoms with Crippen LogP contribution in [0.2, 0.25) is 0 Å². The van der Waals surface area contributed by atoms with Crippen molar-refractivity contribution >= 4 is 15.7 Å². The molecule has 6 heteroatoms. The first-order valence-electron chi connectivity index (χ1n) is 9.73. The first kappa shape index (κ1) is 19.2. The van der Waals surface area contributed by atoms with E-state index in [1.165, 1.54) is 12.8 Å². The second-order valence-electron chi connectivity index (χ2n) is 7.57. The molecular formula is C20H29NO4S. The first-order chi connectivity index (χ1) is 12.5. The van der Waals surface area contributed by atoms with Crippen molar-refractivity contribution in [2.75, 3.05) is 18.1 Å². The Bertz CT molecular complexity index is 696. The molecule has 1 aliphatic heterocycles. The molecule has 0 spiro atoms. The Hall–Kier alpha value is -1.56. The Morgan fingerprint density at radius 2 is 1.85 bits per heavy atom. The standard InChI is InChI=1S/C20H29NO4S/c22-20(21-15-17-10-12-26(23,24)13-11-17)9-8-16-4-3-7-19(14-16)25-18-5-1-2-6-18/h3-4,7,14,17-18H,1-2,5-6,8-13,15H2,(H,21,22). The topological polar surface area (TPSA) is 72.5 Å². The lowest BCUT2D eigenvalue weighted by Crippen LogP contribution is -2.34. The second kappa shape index (κ2) is 8.89. The molecule has 2 aliphatic rings. The quantitative estimate of drug-likeness (QED) is 0.791. The van der Waals surface area contributed by atoms with E-state index in [0.29, 0.717) is 38.3 Å². The molecule has 0 unspecified atom stereocenters. The molecule has 0 atom stereocenters. The van der Waals surface area contributed by atoms with E-state index < -0.39 is 9.84 Å². The number of ether oxygens (including phenoxy) is 1. The van der Waals surface area contributed by atoms with Gasteiger partial charge in [0.2, 0.25) is 5.91 Å². The van der Waals surface area contributed by atoms with Gasteiger partial charge in [-0.2, -0.15) is 0 Å². The molecule has 0 aromatic heterocycles. The minimum absolute atomic E-state index is 0.0283. The highest BCUT2D eigenvalue weighted by Gasteiger charge is 2.23. The van der Waals surface area contributed by atoms with Crippen molar-refractivity contribution in [1.29, 1.82) is 0 Å². The summed E-state index contributed by atoms with van der Waals surface area (Å²) in [5.74, 6) is 1.72. The van der Waals surface area contributed by atoms with Crippen LogP contribution in [0.1, 0.15) is 50.5 Å². The van der Waals surface area contributed by atoms with Crippen LogP contribution in [-0.2, 0) is 21.1 Å². The second-order valence-corrected chi connectivity index (χ2v) is 9.87. The molecule has 3 rings (SSSR count). The monoisotopic (exact) mass is 379 g/mol. The fourth-order valence-electron chi connectivity index (χ4n) is 3.72. The SMILES string of the molecule is O=C(CCc1cccc(OC2CCCC2)c1)NCC1CCS(=O)(=O)CC1. The normalized spacial score (nSPS) is 20.8. The summed E-state index contributed by atoms with van der Waals surface area (Å²) in [6.07, 6.45) is 7.55. The van der Waals surface area contributed by atoms with Crippen LogP contribution in [0.25, 0.3) is 0 Å². The van der Waals surface area contributed by atoms with Crippen LogP contribution >= 0.6 is 0 Å². The predicted octanol–water partition coefficient (Wildman–Crippen LogP) is 2.88. The molecule has 1 heterocycles. The number of rotatable bonds is 7. The van der Waals surface area contributed by atoms with E-state index in [1.807, 2.05) is 24.3 Å². The largest absolute Gasteiger partial charge is 0.490 e. The summed E-state index contributed by atoms with van der Waals surface area (Å²) in [6, 6.07) is 8.04. The highest BCUT2D eigenvalue weighted by atomic mass is 32.2. The number of aryl methyl sites for hydroxylation is 1. The molecule has 1 amide bonds. The van der Waals surface area contributed by atoms with Gasteiger partial charge < -0.3 is 10.1 Å². The number of carbonyl (C=O) groups excluding carboxylic acids is 1. The Labute approximate surface area is 156 Å². The predicted molar refractivity (Wildman–Crippen MR) is 102 cm³/mol. The fraction of sp³-hybridized carbons (Fsp3) is 0.650. The van der Waals surface area contributed by atoms with E-state index in [2.05, 4.69) is 5.32 Å². The molecular weight excluding hydrogens is 350 g/mol. The molecule has 5 nitrogen and oxygen atoms in total. The fourth-order valence-corrected chi connectivity index (χ4v) is 5.31. The lowest BCUT2D eigenvalue weighted by atomic mass is 10.0. The van der Waals surface area contributed by atoms with Gasteiger partial charge >= 0.3 is 0 Å². The summed E-state index contributed by atoms with van der Waals surface area (Å²) in [5, 5.41) is 2.96. The average molecular weight is 380 g/mol. The van der Waals surface area contributed by atoms with Crippen LogP contribution in [-0.4, -0.2) is 38.5 Å². The van der Waals surface area contributed by atoms with Gasteiger partial charge in [0.25, 0.3) is 0 Å². The Morgan fingerprint density at radius 1 is 1.12 bits per heavy atom. The van der Waals surface area contributed by atoms with Crippen molar-refractivity contribution < 1.29 is 17.9 Å². The van der Waals surface area contributed by atoms with Crippen LogP contribution in [0.4, 0.5) is 0 Å². The van der Waals surface area contributed by atoms with Crippen LogP contribution in [0, 0.1) is 5.92 Å². The van der Waals surface area contributed by atoms with E-state index in [1.54, 1.807) is 0 Å². The molecule has 26 heavy (non-hydrogen) atoms. The van der Waals surface area contributed by atoms with E-state index in [-0.39, 0.29) is 23.3 Å². The zero-order valence-corrected chi connectivity index (χ0v) is 16.1. The zero-order chi connectivity index (χ0) is 18.4. The molecule has 1 N–H and O–H groups in total. The maximum Gasteiger partial charge on any atom is 0.220 e. The van der Waals surface area contributed by atoms with Gasteiger partial charge in [0.15, 0.2) is 0 Å². The van der Waals surface area contributed by atoms with Gasteiger partial charge in [-0.15, -0.1) is 0 Å². The summed E-state index contributed by atoms with van der Waals surface area (Å²) >= 11 is 0. The first-order valence-corrected chi connectivity index (χ1v) is 11.5. The summed E-state index contributed by atoms with van der Waals surface area (Å²) in [6.45, 7) is 0.583. The van der Waals surface area contributed by atoms with Gasteiger partial charge in [0.05, 0.1) is 17.6 Å². The van der Waals surface area contributed by atoms with Crippen LogP contribution in [0.5, 0.6) is 5.75 Å². The number of carbonyl (C=O) groups is 1. The van der Waals surface area contributed by atoms with Gasteiger partial charge in [-0.05, 0) is 68.6 Å². The average Bonchev–Trinajstić information content (AvgIpc) is 3.12. The van der Waals surface area contributed by atoms with Crippen molar-refractivity contribution in [3.8, 4) is 5.75 Å². The molecule has 144 valence electrons. The van der Waals surface area contributed by atoms with Crippen LogP contribution < -0.4 is 10.1 Å². The Balaban J connectivity index is 1.38. The van der Waals surface area contributed by atoms with Crippen molar-refractivity contribution in [2.45, 2.75) is 57.5 Å². The highest BCUT2D eigenvalue weighted by molar-refractivity contribution is 7.91. The van der Waals surface area contributed by atoms with E-state index >= 15 is 0 Å². The molecule has 1 aromatic rings. The Morgan fingerprint density at radius 3 is 2.58 bits per heavy atom. The minimum Gasteiger partial charge on any atom is -0.490 e. The molecule has 1 saturated carbocycles. The minimum atomic E-state index is -2.84. The van der Waals surface area contributed by atoms with E-state index in [9.17, 15) is 13.2 Å². The molecule has 1 aliphatic carbocycles. The van der Waals surface area contributed by atoms with Crippen molar-refractivity contribution in [2.24, 2.45) is 5.92 Å². The van der Waals surface area contributed by atoms with Crippen molar-refractivity contribution in [3.05, 3.63) is 29.8 Å². The number of amides is 1. The smallest absolute Gasteiger partial charge is 0.220 e. The van der Waals surface area contributed by atoms with E-state index in [4.69, 9.17) is 4.74 Å². The molecule has 0 bridgehead atoms. The van der Waals surface area contributed by atoms with Crippen molar-refractivity contribution in [1.82, 2.24) is 5.32 Å². The molecule has 1 aromatic carbocycles. The lowest BCUT2D eigenvalue weighted by molar-refractivity contribution is -0.121. The number of benzene rings is 1. The molecule has 2 fully saturated rings. The van der Waals surface area contributed by atoms with Crippen molar-refractivity contribution in [3.63, 3.8) is 0 Å². The third-order valence-electron chi connectivity index (χ3n) is 5.41. The van der Waals surface area contributed by atoms with Gasteiger partial charge in [0, 0.05) is 13.0 Å². The number of nitrogens with one attached hydrogen (secondary N) is 1. The van der Waals surface area contributed by atoms with Gasteiger partial charge in [-0.3, -0.25) is 4.79 Å². The third-order valence-corrected chi connectivity index (χ3v) is 7.12. The maximum atomic E-state index is 12.1. The summed E-state index contributed by atoms with van der Waals surface area (Å²) in [4.78, 5) is 12.1. The van der Waals surface area contributed by atoms with Gasteiger partial charge in [0.1, 0.15) is 15.6 Å². The third kappa shape index (κ3) is 6.01. The lowest BCUT2D eigenvalue weighted by Gasteiger charge is -2.22. The molecule has 1 saturated heterocycles. The number of sulfone groups is 1. The summed E-state index contributed by atoms with van der Waals surface area (Å²) < 4.78 is 28.9. The highest BCUT2D eigenvalue weighted by Crippen LogP contribution is 2.25. The van der Waals surface area contributed by atoms with E-state index in [0.717, 1.165) is 24.2 Å². The number of hydrogen-bond acceptors (Lipinski definition) is 4. The van der Waals surface area contributed by atoms with Gasteiger partial charge in [-0.1, -0.05) is 12.1 Å². The van der Waals surface area contributed by atoms with Crippen LogP contribution in [0.3, 0.4) is 0 Å². The summed E-state index contributed by atoms with van der Waals surface area (Å²) in [5.41, 5.74) is 1.11. The maximum absolute atomic E-state index is 12.1. The summed E-state index contributed by atoms with van der Waals surface area (Å²) in [7, 11) is -2.84. The van der Waals surface area contributed by atoms with Gasteiger partial charge in [-0.25, -0.2) is 8.42 Å². The number of hydrogen-bond donors (Lipinski definition) is 1. The molecule has 0 radical (unpaired) electrons. The zero-order valence-electron chi connectivity index (χ0n) is 15.3. The van der Waals surface area contributed by atoms with Crippen LogP contribution in [0.15, 0.2) is 24.3 Å².